The quantitative estimate of drug-likeness (QED) is 0.210. The third kappa shape index (κ3) is 5.85. The Morgan fingerprint density at radius 3 is 2.18 bits per heavy atom. The topological polar surface area (TPSA) is 70.1 Å². The van der Waals surface area contributed by atoms with Crippen molar-refractivity contribution >= 4 is 28.8 Å². The van der Waals surface area contributed by atoms with Crippen LogP contribution in [0.25, 0.3) is 5.76 Å². The number of ketones is 1. The van der Waals surface area contributed by atoms with Crippen LogP contribution in [0.3, 0.4) is 0 Å². The molecule has 0 saturated carbocycles. The number of carbonyl (C=O) groups is 2. The largest absolute Gasteiger partial charge is 0.507 e. The molecule has 4 rings (SSSR count). The summed E-state index contributed by atoms with van der Waals surface area (Å²) in [6, 6.07) is 21.6. The van der Waals surface area contributed by atoms with E-state index in [9.17, 15) is 14.7 Å². The summed E-state index contributed by atoms with van der Waals surface area (Å²) in [5.74, 6) is -0.690. The molecule has 6 heteroatoms. The molecule has 1 atom stereocenters. The maximum Gasteiger partial charge on any atom is 0.300 e. The smallest absolute Gasteiger partial charge is 0.300 e. The van der Waals surface area contributed by atoms with Crippen molar-refractivity contribution < 1.29 is 19.4 Å². The van der Waals surface area contributed by atoms with Crippen LogP contribution in [0.1, 0.15) is 57.4 Å². The summed E-state index contributed by atoms with van der Waals surface area (Å²) in [6.45, 7) is 11.0. The van der Waals surface area contributed by atoms with Gasteiger partial charge >= 0.3 is 0 Å². The van der Waals surface area contributed by atoms with E-state index < -0.39 is 17.7 Å². The Balaban J connectivity index is 1.85. The summed E-state index contributed by atoms with van der Waals surface area (Å²) in [5.41, 5.74) is 3.85. The fourth-order valence-corrected chi connectivity index (χ4v) is 4.64. The Labute approximate surface area is 231 Å². The minimum Gasteiger partial charge on any atom is -0.507 e. The first-order chi connectivity index (χ1) is 18.4. The van der Waals surface area contributed by atoms with E-state index in [1.165, 1.54) is 4.90 Å². The molecule has 1 aliphatic heterocycles. The van der Waals surface area contributed by atoms with Crippen LogP contribution in [0.2, 0.25) is 0 Å². The molecule has 1 aliphatic rings. The minimum atomic E-state index is -0.790. The van der Waals surface area contributed by atoms with E-state index in [-0.39, 0.29) is 16.7 Å². The number of nitrogens with zero attached hydrogens (tertiary/aromatic N) is 2. The monoisotopic (exact) mass is 526 g/mol. The molecule has 1 fully saturated rings. The van der Waals surface area contributed by atoms with Crippen molar-refractivity contribution in [2.75, 3.05) is 30.5 Å². The second-order valence-electron chi connectivity index (χ2n) is 11.7. The average molecular weight is 527 g/mol. The van der Waals surface area contributed by atoms with Crippen LogP contribution in [0, 0.1) is 5.92 Å². The van der Waals surface area contributed by atoms with Gasteiger partial charge in [-0.3, -0.25) is 14.5 Å². The zero-order chi connectivity index (χ0) is 28.5. The average Bonchev–Trinajstić information content (AvgIpc) is 3.17. The van der Waals surface area contributed by atoms with Gasteiger partial charge in [0, 0.05) is 31.0 Å². The molecule has 0 spiro atoms. The Bertz CT molecular complexity index is 1380. The number of aliphatic hydroxyl groups excluding tert-OH is 1. The lowest BCUT2D eigenvalue weighted by molar-refractivity contribution is -0.132. The first kappa shape index (κ1) is 28.0. The molecular weight excluding hydrogens is 488 g/mol. The molecule has 0 radical (unpaired) electrons. The molecular formula is C33H38N2O4. The standard InChI is InChI=1S/C33H38N2O4/c1-21(2)20-39-27-10-8-9-23(19-27)30(36)28-29(22-11-15-25(16-12-22)34(6)7)35(32(38)31(28)37)26-17-13-24(14-18-26)33(3,4)5/h8-19,21,29,36H,20H2,1-7H3/b30-28+. The Hall–Kier alpha value is -4.06. The summed E-state index contributed by atoms with van der Waals surface area (Å²) in [7, 11) is 3.90. The number of hydrogen-bond donors (Lipinski definition) is 1. The SMILES string of the molecule is CC(C)COc1cccc(/C(O)=C2\C(=O)C(=O)N(c3ccc(C(C)(C)C)cc3)C2c2ccc(N(C)C)cc2)c1. The Morgan fingerprint density at radius 2 is 1.62 bits per heavy atom. The van der Waals surface area contributed by atoms with Crippen molar-refractivity contribution in [3.8, 4) is 5.75 Å². The van der Waals surface area contributed by atoms with Crippen LogP contribution >= 0.6 is 0 Å². The second kappa shape index (κ2) is 11.0. The van der Waals surface area contributed by atoms with E-state index in [0.717, 1.165) is 16.8 Å². The summed E-state index contributed by atoms with van der Waals surface area (Å²) in [6.07, 6.45) is 0. The molecule has 1 unspecified atom stereocenters. The number of hydrogen-bond acceptors (Lipinski definition) is 5. The van der Waals surface area contributed by atoms with Gasteiger partial charge in [0.1, 0.15) is 11.5 Å². The lowest BCUT2D eigenvalue weighted by atomic mass is 9.87. The van der Waals surface area contributed by atoms with Crippen molar-refractivity contribution in [3.05, 3.63) is 95.1 Å². The molecule has 1 amide bonds. The number of ether oxygens (including phenoxy) is 1. The van der Waals surface area contributed by atoms with Crippen molar-refractivity contribution in [1.82, 2.24) is 0 Å². The summed E-state index contributed by atoms with van der Waals surface area (Å²) in [5, 5.41) is 11.5. The molecule has 0 aromatic heterocycles. The lowest BCUT2D eigenvalue weighted by Gasteiger charge is -2.27. The van der Waals surface area contributed by atoms with Crippen LogP contribution in [-0.2, 0) is 15.0 Å². The van der Waals surface area contributed by atoms with E-state index in [1.807, 2.05) is 73.6 Å². The van der Waals surface area contributed by atoms with E-state index in [2.05, 4.69) is 34.6 Å². The van der Waals surface area contributed by atoms with Gasteiger partial charge in [-0.2, -0.15) is 0 Å². The highest BCUT2D eigenvalue weighted by Gasteiger charge is 2.47. The third-order valence-corrected chi connectivity index (χ3v) is 6.87. The molecule has 0 aliphatic carbocycles. The highest BCUT2D eigenvalue weighted by atomic mass is 16.5. The number of rotatable bonds is 7. The minimum absolute atomic E-state index is 0.0542. The predicted octanol–water partition coefficient (Wildman–Crippen LogP) is 6.71. The van der Waals surface area contributed by atoms with Crippen molar-refractivity contribution in [1.29, 1.82) is 0 Å². The van der Waals surface area contributed by atoms with Gasteiger partial charge in [0.25, 0.3) is 11.7 Å². The van der Waals surface area contributed by atoms with E-state index in [4.69, 9.17) is 4.74 Å². The van der Waals surface area contributed by atoms with Crippen LogP contribution < -0.4 is 14.5 Å². The molecule has 3 aromatic rings. The van der Waals surface area contributed by atoms with Crippen LogP contribution in [0.5, 0.6) is 5.75 Å². The maximum absolute atomic E-state index is 13.5. The maximum atomic E-state index is 13.5. The summed E-state index contributed by atoms with van der Waals surface area (Å²) >= 11 is 0. The Morgan fingerprint density at radius 1 is 0.974 bits per heavy atom. The van der Waals surface area contributed by atoms with E-state index >= 15 is 0 Å². The first-order valence-electron chi connectivity index (χ1n) is 13.3. The number of Topliss-reactive ketones (excluding diaryl/α,β-unsaturated/α-hetero) is 1. The normalized spacial score (nSPS) is 17.1. The van der Waals surface area contributed by atoms with Crippen molar-refractivity contribution in [2.45, 2.75) is 46.1 Å². The van der Waals surface area contributed by atoms with Gasteiger partial charge < -0.3 is 14.7 Å². The van der Waals surface area contributed by atoms with Gasteiger partial charge in [-0.05, 0) is 58.9 Å². The van der Waals surface area contributed by atoms with Gasteiger partial charge in [0.2, 0.25) is 0 Å². The van der Waals surface area contributed by atoms with Crippen LogP contribution in [-0.4, -0.2) is 37.5 Å². The number of aliphatic hydroxyl groups is 1. The summed E-state index contributed by atoms with van der Waals surface area (Å²) < 4.78 is 5.84. The highest BCUT2D eigenvalue weighted by molar-refractivity contribution is 6.51. The first-order valence-corrected chi connectivity index (χ1v) is 13.3. The molecule has 3 aromatic carbocycles. The number of anilines is 2. The molecule has 1 heterocycles. The highest BCUT2D eigenvalue weighted by Crippen LogP contribution is 2.43. The van der Waals surface area contributed by atoms with Gasteiger partial charge in [0.05, 0.1) is 18.2 Å². The molecule has 6 nitrogen and oxygen atoms in total. The number of benzene rings is 3. The van der Waals surface area contributed by atoms with Crippen molar-refractivity contribution in [2.24, 2.45) is 5.92 Å². The number of carbonyl (C=O) groups excluding carboxylic acids is 2. The second-order valence-corrected chi connectivity index (χ2v) is 11.7. The predicted molar refractivity (Wildman–Crippen MR) is 157 cm³/mol. The fraction of sp³-hybridized carbons (Fsp3) is 0.333. The van der Waals surface area contributed by atoms with Gasteiger partial charge in [-0.1, -0.05) is 71.0 Å². The van der Waals surface area contributed by atoms with Crippen LogP contribution in [0.15, 0.2) is 78.4 Å². The zero-order valence-corrected chi connectivity index (χ0v) is 23.9. The van der Waals surface area contributed by atoms with Gasteiger partial charge in [-0.15, -0.1) is 0 Å². The lowest BCUT2D eigenvalue weighted by Crippen LogP contribution is -2.29. The van der Waals surface area contributed by atoms with Crippen LogP contribution in [0.4, 0.5) is 11.4 Å². The number of amides is 1. The summed E-state index contributed by atoms with van der Waals surface area (Å²) in [4.78, 5) is 30.5. The molecule has 39 heavy (non-hydrogen) atoms. The van der Waals surface area contributed by atoms with E-state index in [0.29, 0.717) is 29.5 Å². The molecule has 1 N–H and O–H groups in total. The zero-order valence-electron chi connectivity index (χ0n) is 23.9. The van der Waals surface area contributed by atoms with Gasteiger partial charge in [0.15, 0.2) is 0 Å². The third-order valence-electron chi connectivity index (χ3n) is 6.87. The molecule has 1 saturated heterocycles. The molecule has 204 valence electrons. The van der Waals surface area contributed by atoms with Gasteiger partial charge in [-0.25, -0.2) is 0 Å². The van der Waals surface area contributed by atoms with Crippen molar-refractivity contribution in [3.63, 3.8) is 0 Å². The van der Waals surface area contributed by atoms with E-state index in [1.54, 1.807) is 18.2 Å². The Kier molecular flexibility index (Phi) is 7.86. The molecule has 0 bridgehead atoms. The fourth-order valence-electron chi connectivity index (χ4n) is 4.64.